The predicted molar refractivity (Wildman–Crippen MR) is 87.6 cm³/mol. The van der Waals surface area contributed by atoms with Gasteiger partial charge in [0.25, 0.3) is 0 Å². The number of amides is 1. The van der Waals surface area contributed by atoms with Gasteiger partial charge >= 0.3 is 0 Å². The maximum absolute atomic E-state index is 12.4. The number of carbonyl (C=O) groups excluding carboxylic acids is 1. The Balaban J connectivity index is 2.53. The van der Waals surface area contributed by atoms with Gasteiger partial charge in [-0.2, -0.15) is 0 Å². The van der Waals surface area contributed by atoms with Crippen molar-refractivity contribution in [3.63, 3.8) is 0 Å². The average molecular weight is 299 g/mol. The third-order valence-electron chi connectivity index (χ3n) is 4.71. The van der Waals surface area contributed by atoms with Gasteiger partial charge < -0.3 is 16.0 Å². The summed E-state index contributed by atoms with van der Waals surface area (Å²) in [5.41, 5.74) is 5.13. The van der Waals surface area contributed by atoms with Crippen LogP contribution in [0.1, 0.15) is 47.0 Å². The summed E-state index contributed by atoms with van der Waals surface area (Å²) in [6, 6.07) is 0.581. The Morgan fingerprint density at radius 2 is 2.05 bits per heavy atom. The lowest BCUT2D eigenvalue weighted by Gasteiger charge is -2.29. The van der Waals surface area contributed by atoms with E-state index in [-0.39, 0.29) is 5.91 Å². The number of nitrogens with one attached hydrogen (secondary N) is 1. The Bertz CT molecular complexity index is 353. The highest BCUT2D eigenvalue weighted by atomic mass is 32.1. The number of carbonyl (C=O) groups is 1. The van der Waals surface area contributed by atoms with E-state index >= 15 is 0 Å². The van der Waals surface area contributed by atoms with E-state index < -0.39 is 5.41 Å². The van der Waals surface area contributed by atoms with Crippen LogP contribution in [0.3, 0.4) is 0 Å². The normalized spacial score (nSPS) is 20.4. The van der Waals surface area contributed by atoms with Crippen molar-refractivity contribution in [2.24, 2.45) is 17.1 Å². The monoisotopic (exact) mass is 299 g/mol. The summed E-state index contributed by atoms with van der Waals surface area (Å²) in [7, 11) is 0. The van der Waals surface area contributed by atoms with Crippen molar-refractivity contribution in [3.8, 4) is 0 Å². The van der Waals surface area contributed by atoms with Crippen molar-refractivity contribution in [2.45, 2.75) is 53.0 Å². The maximum Gasteiger partial charge on any atom is 0.233 e. The molecule has 1 aliphatic heterocycles. The summed E-state index contributed by atoms with van der Waals surface area (Å²) in [5, 5.41) is 3.08. The predicted octanol–water partition coefficient (Wildman–Crippen LogP) is 1.93. The fourth-order valence-electron chi connectivity index (χ4n) is 2.94. The van der Waals surface area contributed by atoms with Gasteiger partial charge in [0.15, 0.2) is 0 Å². The van der Waals surface area contributed by atoms with Crippen molar-refractivity contribution in [1.29, 1.82) is 0 Å². The lowest BCUT2D eigenvalue weighted by Crippen LogP contribution is -2.49. The summed E-state index contributed by atoms with van der Waals surface area (Å²) < 4.78 is 0. The van der Waals surface area contributed by atoms with Crippen LogP contribution in [0.5, 0.6) is 0 Å². The van der Waals surface area contributed by atoms with Gasteiger partial charge in [0.2, 0.25) is 5.91 Å². The third-order valence-corrected chi connectivity index (χ3v) is 5.10. The highest BCUT2D eigenvalue weighted by Gasteiger charge is 2.38. The molecule has 0 aromatic heterocycles. The number of nitrogens with zero attached hydrogens (tertiary/aromatic N) is 1. The zero-order valence-electron chi connectivity index (χ0n) is 13.2. The van der Waals surface area contributed by atoms with E-state index in [4.69, 9.17) is 18.0 Å². The van der Waals surface area contributed by atoms with Gasteiger partial charge in [-0.1, -0.05) is 26.1 Å². The summed E-state index contributed by atoms with van der Waals surface area (Å²) in [4.78, 5) is 15.2. The average Bonchev–Trinajstić information content (AvgIpc) is 2.87. The van der Waals surface area contributed by atoms with E-state index in [1.165, 1.54) is 0 Å². The second-order valence-electron chi connectivity index (χ2n) is 6.11. The molecule has 4 nitrogen and oxygen atoms in total. The summed E-state index contributed by atoms with van der Waals surface area (Å²) >= 11 is 5.11. The van der Waals surface area contributed by atoms with Crippen LogP contribution in [-0.4, -0.2) is 41.5 Å². The Morgan fingerprint density at radius 1 is 1.45 bits per heavy atom. The SMILES string of the molecule is CCC(CC)(C(=O)NCC1CCN(C(C)C)C1)C(N)=S. The van der Waals surface area contributed by atoms with Crippen molar-refractivity contribution in [1.82, 2.24) is 10.2 Å². The molecule has 0 aromatic rings. The number of hydrogen-bond donors (Lipinski definition) is 2. The molecular formula is C15H29N3OS. The summed E-state index contributed by atoms with van der Waals surface area (Å²) in [5.74, 6) is 0.539. The molecule has 1 atom stereocenters. The molecule has 1 amide bonds. The lowest BCUT2D eigenvalue weighted by atomic mass is 9.81. The fraction of sp³-hybridized carbons (Fsp3) is 0.867. The molecule has 3 N–H and O–H groups in total. The van der Waals surface area contributed by atoms with E-state index in [1.54, 1.807) is 0 Å². The minimum atomic E-state index is -0.675. The number of nitrogens with two attached hydrogens (primary N) is 1. The van der Waals surface area contributed by atoms with Gasteiger partial charge in [0, 0.05) is 19.1 Å². The van der Waals surface area contributed by atoms with Crippen LogP contribution in [0.4, 0.5) is 0 Å². The van der Waals surface area contributed by atoms with Crippen LogP contribution in [0.25, 0.3) is 0 Å². The van der Waals surface area contributed by atoms with Crippen LogP contribution in [0.2, 0.25) is 0 Å². The van der Waals surface area contributed by atoms with Crippen LogP contribution >= 0.6 is 12.2 Å². The van der Waals surface area contributed by atoms with Gasteiger partial charge in [-0.25, -0.2) is 0 Å². The molecule has 1 aliphatic rings. The second-order valence-corrected chi connectivity index (χ2v) is 6.55. The van der Waals surface area contributed by atoms with E-state index in [9.17, 15) is 4.79 Å². The lowest BCUT2D eigenvalue weighted by molar-refractivity contribution is -0.128. The maximum atomic E-state index is 12.4. The molecule has 1 fully saturated rings. The Labute approximate surface area is 128 Å². The largest absolute Gasteiger partial charge is 0.392 e. The number of likely N-dealkylation sites (tertiary alicyclic amines) is 1. The molecule has 0 aromatic carbocycles. The first-order valence-electron chi connectivity index (χ1n) is 7.69. The van der Waals surface area contributed by atoms with Crippen molar-refractivity contribution >= 4 is 23.1 Å². The van der Waals surface area contributed by atoms with Crippen molar-refractivity contribution < 1.29 is 4.79 Å². The van der Waals surface area contributed by atoms with E-state index in [0.29, 0.717) is 29.8 Å². The molecule has 0 spiro atoms. The first kappa shape index (κ1) is 17.4. The third kappa shape index (κ3) is 3.70. The molecule has 20 heavy (non-hydrogen) atoms. The first-order chi connectivity index (χ1) is 9.37. The van der Waals surface area contributed by atoms with Gasteiger partial charge in [-0.05, 0) is 45.6 Å². The molecule has 116 valence electrons. The quantitative estimate of drug-likeness (QED) is 0.705. The van der Waals surface area contributed by atoms with Crippen LogP contribution in [-0.2, 0) is 4.79 Å². The Hall–Kier alpha value is -0.680. The molecule has 5 heteroatoms. The van der Waals surface area contributed by atoms with Crippen LogP contribution in [0, 0.1) is 11.3 Å². The van der Waals surface area contributed by atoms with Gasteiger partial charge in [0.1, 0.15) is 0 Å². The number of thiocarbonyl (C=S) groups is 1. The summed E-state index contributed by atoms with van der Waals surface area (Å²) in [6.07, 6.45) is 2.47. The molecule has 0 saturated carbocycles. The van der Waals surface area contributed by atoms with Crippen molar-refractivity contribution in [2.75, 3.05) is 19.6 Å². The smallest absolute Gasteiger partial charge is 0.233 e. The minimum absolute atomic E-state index is 0.00185. The number of rotatable bonds is 7. The molecule has 0 bridgehead atoms. The van der Waals surface area contributed by atoms with Gasteiger partial charge in [0.05, 0.1) is 10.4 Å². The van der Waals surface area contributed by atoms with Crippen molar-refractivity contribution in [3.05, 3.63) is 0 Å². The first-order valence-corrected chi connectivity index (χ1v) is 8.10. The zero-order chi connectivity index (χ0) is 15.3. The van der Waals surface area contributed by atoms with Crippen LogP contribution in [0.15, 0.2) is 0 Å². The molecule has 1 rings (SSSR count). The zero-order valence-corrected chi connectivity index (χ0v) is 14.1. The summed E-state index contributed by atoms with van der Waals surface area (Å²) in [6.45, 7) is 11.3. The topological polar surface area (TPSA) is 58.4 Å². The second kappa shape index (κ2) is 7.36. The van der Waals surface area contributed by atoms with E-state index in [2.05, 4.69) is 24.1 Å². The van der Waals surface area contributed by atoms with E-state index in [0.717, 1.165) is 26.1 Å². The fourth-order valence-corrected chi connectivity index (χ4v) is 3.32. The van der Waals surface area contributed by atoms with Gasteiger partial charge in [-0.3, -0.25) is 4.79 Å². The van der Waals surface area contributed by atoms with Gasteiger partial charge in [-0.15, -0.1) is 0 Å². The highest BCUT2D eigenvalue weighted by molar-refractivity contribution is 7.80. The molecule has 0 aliphatic carbocycles. The molecule has 0 radical (unpaired) electrons. The molecule has 1 unspecified atom stereocenters. The minimum Gasteiger partial charge on any atom is -0.392 e. The Kier molecular flexibility index (Phi) is 6.40. The van der Waals surface area contributed by atoms with E-state index in [1.807, 2.05) is 13.8 Å². The Morgan fingerprint density at radius 3 is 2.45 bits per heavy atom. The number of hydrogen-bond acceptors (Lipinski definition) is 3. The molecular weight excluding hydrogens is 270 g/mol. The highest BCUT2D eigenvalue weighted by Crippen LogP contribution is 2.27. The molecule has 1 heterocycles. The molecule has 1 saturated heterocycles. The van der Waals surface area contributed by atoms with Crippen LogP contribution < -0.4 is 11.1 Å². The standard InChI is InChI=1S/C15H29N3OS/c1-5-15(6-2,13(16)20)14(19)17-9-12-7-8-18(10-12)11(3)4/h11-12H,5-10H2,1-4H3,(H2,16,20)(H,17,19).